The highest BCUT2D eigenvalue weighted by Gasteiger charge is 2.45. The fraction of sp³-hybridized carbons (Fsp3) is 0.423. The molecule has 5 rings (SSSR count). The summed E-state index contributed by atoms with van der Waals surface area (Å²) in [7, 11) is 1.43. The molecule has 1 amide bonds. The lowest BCUT2D eigenvalue weighted by Gasteiger charge is -2.43. The molecular formula is C26H28ClFN4O3. The van der Waals surface area contributed by atoms with E-state index in [1.54, 1.807) is 4.57 Å². The van der Waals surface area contributed by atoms with Crippen LogP contribution in [0.3, 0.4) is 0 Å². The predicted octanol–water partition coefficient (Wildman–Crippen LogP) is 3.81. The number of aromatic nitrogens is 2. The lowest BCUT2D eigenvalue weighted by molar-refractivity contribution is -0.129. The third kappa shape index (κ3) is 4.19. The van der Waals surface area contributed by atoms with Crippen LogP contribution in [0.15, 0.2) is 41.2 Å². The van der Waals surface area contributed by atoms with Gasteiger partial charge in [0.25, 0.3) is 5.91 Å². The number of hydrogen-bond donors (Lipinski definition) is 2. The Morgan fingerprint density at radius 3 is 2.46 bits per heavy atom. The summed E-state index contributed by atoms with van der Waals surface area (Å²) in [4.78, 5) is 42.9. The Balaban J connectivity index is 1.29. The van der Waals surface area contributed by atoms with Gasteiger partial charge in [0.05, 0.1) is 28.6 Å². The van der Waals surface area contributed by atoms with Crippen LogP contribution < -0.4 is 11.0 Å². The molecular weight excluding hydrogens is 471 g/mol. The van der Waals surface area contributed by atoms with Crippen LogP contribution in [-0.2, 0) is 10.2 Å². The van der Waals surface area contributed by atoms with Gasteiger partial charge in [-0.05, 0) is 49.4 Å². The largest absolute Gasteiger partial charge is 0.355 e. The molecule has 2 aromatic carbocycles. The second-order valence-corrected chi connectivity index (χ2v) is 10.0. The van der Waals surface area contributed by atoms with Crippen LogP contribution in [0.25, 0.3) is 11.0 Å². The average Bonchev–Trinajstić information content (AvgIpc) is 3.13. The van der Waals surface area contributed by atoms with Crippen LogP contribution in [0, 0.1) is 5.82 Å². The number of carbonyl (C=O) groups is 2. The Kier molecular flexibility index (Phi) is 6.27. The van der Waals surface area contributed by atoms with Crippen molar-refractivity contribution in [3.8, 4) is 0 Å². The van der Waals surface area contributed by atoms with Crippen molar-refractivity contribution in [3.05, 3.63) is 68.8 Å². The number of aromatic amines is 1. The smallest absolute Gasteiger partial charge is 0.326 e. The maximum absolute atomic E-state index is 14.6. The third-order valence-corrected chi connectivity index (χ3v) is 7.96. The van der Waals surface area contributed by atoms with E-state index < -0.39 is 17.1 Å². The van der Waals surface area contributed by atoms with Gasteiger partial charge in [0.2, 0.25) is 0 Å². The Morgan fingerprint density at radius 2 is 1.86 bits per heavy atom. The molecule has 2 fully saturated rings. The minimum Gasteiger partial charge on any atom is -0.355 e. The van der Waals surface area contributed by atoms with Gasteiger partial charge in [-0.25, -0.2) is 9.18 Å². The molecule has 2 aliphatic rings. The van der Waals surface area contributed by atoms with Gasteiger partial charge >= 0.3 is 5.69 Å². The van der Waals surface area contributed by atoms with E-state index in [1.807, 2.05) is 24.3 Å². The maximum Gasteiger partial charge on any atom is 0.326 e. The summed E-state index contributed by atoms with van der Waals surface area (Å²) >= 11 is 6.04. The van der Waals surface area contributed by atoms with Crippen molar-refractivity contribution in [2.24, 2.45) is 0 Å². The van der Waals surface area contributed by atoms with E-state index in [1.165, 1.54) is 19.2 Å². The van der Waals surface area contributed by atoms with Gasteiger partial charge in [-0.2, -0.15) is 0 Å². The monoisotopic (exact) mass is 498 g/mol. The van der Waals surface area contributed by atoms with Gasteiger partial charge in [0.1, 0.15) is 5.82 Å². The highest BCUT2D eigenvalue weighted by Crippen LogP contribution is 2.45. The number of nitrogens with one attached hydrogen (secondary N) is 2. The Bertz CT molecular complexity index is 1340. The average molecular weight is 499 g/mol. The van der Waals surface area contributed by atoms with Crippen molar-refractivity contribution in [2.75, 3.05) is 26.7 Å². The highest BCUT2D eigenvalue weighted by molar-refractivity contribution is 6.30. The zero-order chi connectivity index (χ0) is 24.7. The summed E-state index contributed by atoms with van der Waals surface area (Å²) in [6.45, 7) is 1.72. The Labute approximate surface area is 207 Å². The first-order valence-electron chi connectivity index (χ1n) is 12.0. The van der Waals surface area contributed by atoms with Crippen LogP contribution in [0.2, 0.25) is 5.02 Å². The molecule has 3 aromatic rings. The van der Waals surface area contributed by atoms with Crippen molar-refractivity contribution >= 4 is 34.3 Å². The van der Waals surface area contributed by atoms with Gasteiger partial charge in [-0.1, -0.05) is 30.2 Å². The van der Waals surface area contributed by atoms with Crippen LogP contribution in [-0.4, -0.2) is 52.8 Å². The third-order valence-electron chi connectivity index (χ3n) is 7.70. The number of halogens is 2. The molecule has 1 aromatic heterocycles. The molecule has 35 heavy (non-hydrogen) atoms. The SMILES string of the molecule is CNC(=O)c1cc2[nH]c(=O)n(C3CCN(CC(=O)C4(c5ccc(Cl)cc5)CCC4)CC3)c2cc1F. The van der Waals surface area contributed by atoms with Gasteiger partial charge in [-0.3, -0.25) is 19.1 Å². The summed E-state index contributed by atoms with van der Waals surface area (Å²) in [5.41, 5.74) is 1.08. The molecule has 184 valence electrons. The van der Waals surface area contributed by atoms with Crippen LogP contribution >= 0.6 is 11.6 Å². The number of H-pyrrole nitrogens is 1. The van der Waals surface area contributed by atoms with Gasteiger partial charge in [0, 0.05) is 37.3 Å². The number of hydrogen-bond acceptors (Lipinski definition) is 4. The summed E-state index contributed by atoms with van der Waals surface area (Å²) in [6, 6.07) is 10.1. The minimum absolute atomic E-state index is 0.104. The zero-order valence-corrected chi connectivity index (χ0v) is 20.3. The predicted molar refractivity (Wildman–Crippen MR) is 133 cm³/mol. The van der Waals surface area contributed by atoms with E-state index in [0.717, 1.165) is 24.8 Å². The van der Waals surface area contributed by atoms with Crippen LogP contribution in [0.5, 0.6) is 0 Å². The molecule has 7 nitrogen and oxygen atoms in total. The quantitative estimate of drug-likeness (QED) is 0.541. The van der Waals surface area contributed by atoms with Gasteiger partial charge in [0.15, 0.2) is 5.78 Å². The molecule has 0 atom stereocenters. The maximum atomic E-state index is 14.6. The first-order chi connectivity index (χ1) is 16.8. The van der Waals surface area contributed by atoms with Crippen LogP contribution in [0.1, 0.15) is 54.1 Å². The number of piperidine rings is 1. The normalized spacial score (nSPS) is 18.4. The molecule has 1 saturated heterocycles. The van der Waals surface area contributed by atoms with E-state index in [2.05, 4.69) is 15.2 Å². The molecule has 1 aliphatic heterocycles. The molecule has 0 spiro atoms. The number of ketones is 1. The van der Waals surface area contributed by atoms with Crippen molar-refractivity contribution < 1.29 is 14.0 Å². The minimum atomic E-state index is -0.666. The number of carbonyl (C=O) groups excluding carboxylic acids is 2. The van der Waals surface area contributed by atoms with Crippen molar-refractivity contribution in [1.29, 1.82) is 0 Å². The second-order valence-electron chi connectivity index (χ2n) is 9.60. The molecule has 0 unspecified atom stereocenters. The lowest BCUT2D eigenvalue weighted by Crippen LogP contribution is -2.49. The number of nitrogens with zero attached hydrogens (tertiary/aromatic N) is 2. The van der Waals surface area contributed by atoms with E-state index in [4.69, 9.17) is 11.6 Å². The van der Waals surface area contributed by atoms with Crippen LogP contribution in [0.4, 0.5) is 4.39 Å². The summed E-state index contributed by atoms with van der Waals surface area (Å²) in [5, 5.41) is 3.07. The number of Topliss-reactive ketones (excluding diaryl/α,β-unsaturated/α-hetero) is 1. The fourth-order valence-corrected chi connectivity index (χ4v) is 5.66. The molecule has 2 N–H and O–H groups in total. The van der Waals surface area contributed by atoms with E-state index >= 15 is 0 Å². The number of fused-ring (bicyclic) bond motifs is 1. The zero-order valence-electron chi connectivity index (χ0n) is 19.6. The summed E-state index contributed by atoms with van der Waals surface area (Å²) in [6.07, 6.45) is 4.11. The number of imidazole rings is 1. The Hall–Kier alpha value is -2.97. The van der Waals surface area contributed by atoms with E-state index in [9.17, 15) is 18.8 Å². The highest BCUT2D eigenvalue weighted by atomic mass is 35.5. The first-order valence-corrected chi connectivity index (χ1v) is 12.4. The van der Waals surface area contributed by atoms with E-state index in [0.29, 0.717) is 48.5 Å². The number of likely N-dealkylation sites (tertiary alicyclic amines) is 1. The molecule has 0 bridgehead atoms. The van der Waals surface area contributed by atoms with E-state index in [-0.39, 0.29) is 23.1 Å². The number of benzene rings is 2. The number of rotatable bonds is 6. The van der Waals surface area contributed by atoms with Gasteiger partial charge < -0.3 is 10.3 Å². The standard InChI is InChI=1S/C26H28ClFN4O3/c1-29-24(34)19-13-21-22(14-20(19)28)32(25(35)30-21)18-7-11-31(12-8-18)15-23(33)26(9-2-10-26)16-3-5-17(27)6-4-16/h3-6,13-14,18H,2,7-12,15H2,1H3,(H,29,34)(H,30,35). The summed E-state index contributed by atoms with van der Waals surface area (Å²) in [5.74, 6) is -0.975. The lowest BCUT2D eigenvalue weighted by atomic mass is 9.62. The molecule has 2 heterocycles. The fourth-order valence-electron chi connectivity index (χ4n) is 5.54. The second kappa shape index (κ2) is 9.24. The molecule has 9 heteroatoms. The molecule has 1 aliphatic carbocycles. The topological polar surface area (TPSA) is 87.2 Å². The van der Waals surface area contributed by atoms with Crippen molar-refractivity contribution in [3.63, 3.8) is 0 Å². The molecule has 1 saturated carbocycles. The molecule has 0 radical (unpaired) electrons. The van der Waals surface area contributed by atoms with Crippen molar-refractivity contribution in [1.82, 2.24) is 19.8 Å². The van der Waals surface area contributed by atoms with Gasteiger partial charge in [-0.15, -0.1) is 0 Å². The number of amides is 1. The Morgan fingerprint density at radius 1 is 1.17 bits per heavy atom. The summed E-state index contributed by atoms with van der Waals surface area (Å²) < 4.78 is 16.2. The first kappa shape index (κ1) is 23.8. The van der Waals surface area contributed by atoms with Crippen molar-refractivity contribution in [2.45, 2.75) is 43.6 Å².